The number of carbonyl (C=O) groups excluding carboxylic acids is 2. The zero-order chi connectivity index (χ0) is 18.6. The molecule has 1 atom stereocenters. The zero-order valence-corrected chi connectivity index (χ0v) is 15.4. The highest BCUT2D eigenvalue weighted by Gasteiger charge is 2.34. The average Bonchev–Trinajstić information content (AvgIpc) is 3.43. The van der Waals surface area contributed by atoms with Crippen molar-refractivity contribution in [3.8, 4) is 10.6 Å². The molecule has 0 radical (unpaired) electrons. The highest BCUT2D eigenvalue weighted by atomic mass is 32.1. The van der Waals surface area contributed by atoms with E-state index in [1.807, 2.05) is 41.8 Å². The van der Waals surface area contributed by atoms with Gasteiger partial charge in [-0.25, -0.2) is 4.98 Å². The van der Waals surface area contributed by atoms with Crippen molar-refractivity contribution >= 4 is 23.2 Å². The largest absolute Gasteiger partial charge is 0.467 e. The minimum Gasteiger partial charge on any atom is -0.467 e. The summed E-state index contributed by atoms with van der Waals surface area (Å²) in [6, 6.07) is 13.6. The van der Waals surface area contributed by atoms with Crippen LogP contribution >= 0.6 is 11.3 Å². The third kappa shape index (κ3) is 4.09. The van der Waals surface area contributed by atoms with Crippen molar-refractivity contribution in [3.05, 3.63) is 65.6 Å². The van der Waals surface area contributed by atoms with Crippen LogP contribution in [0.15, 0.2) is 58.5 Å². The first-order valence-electron chi connectivity index (χ1n) is 8.77. The van der Waals surface area contributed by atoms with Gasteiger partial charge in [-0.3, -0.25) is 9.59 Å². The second kappa shape index (κ2) is 7.75. The Kier molecular flexibility index (Phi) is 5.02. The lowest BCUT2D eigenvalue weighted by molar-refractivity contribution is -0.129. The summed E-state index contributed by atoms with van der Waals surface area (Å²) in [7, 11) is 0. The first-order chi connectivity index (χ1) is 13.2. The number of hydrogen-bond donors (Lipinski definition) is 1. The number of likely N-dealkylation sites (tertiary alicyclic amines) is 1. The van der Waals surface area contributed by atoms with Gasteiger partial charge < -0.3 is 14.6 Å². The van der Waals surface area contributed by atoms with Gasteiger partial charge in [-0.05, 0) is 12.1 Å². The number of nitrogens with zero attached hydrogens (tertiary/aromatic N) is 2. The maximum atomic E-state index is 12.5. The van der Waals surface area contributed by atoms with Gasteiger partial charge in [0.15, 0.2) is 0 Å². The summed E-state index contributed by atoms with van der Waals surface area (Å²) < 4.78 is 5.28. The predicted molar refractivity (Wildman–Crippen MR) is 102 cm³/mol. The molecule has 6 nitrogen and oxygen atoms in total. The van der Waals surface area contributed by atoms with E-state index in [0.29, 0.717) is 19.6 Å². The lowest BCUT2D eigenvalue weighted by Crippen LogP contribution is -2.32. The molecule has 0 bridgehead atoms. The lowest BCUT2D eigenvalue weighted by Gasteiger charge is -2.14. The Balaban J connectivity index is 1.31. The predicted octanol–water partition coefficient (Wildman–Crippen LogP) is 3.07. The van der Waals surface area contributed by atoms with Gasteiger partial charge in [-0.1, -0.05) is 30.3 Å². The Bertz CT molecular complexity index is 921. The SMILES string of the molecule is O=C(NCc1csc(-c2ccccc2)n1)[C@H]1CC(=O)N(Cc2ccco2)C1. The maximum Gasteiger partial charge on any atom is 0.225 e. The minimum absolute atomic E-state index is 0.0217. The highest BCUT2D eigenvalue weighted by molar-refractivity contribution is 7.13. The van der Waals surface area contributed by atoms with Crippen LogP contribution in [0.1, 0.15) is 17.9 Å². The Morgan fingerprint density at radius 2 is 2.11 bits per heavy atom. The number of nitrogens with one attached hydrogen (secondary N) is 1. The van der Waals surface area contributed by atoms with Crippen molar-refractivity contribution in [2.24, 2.45) is 5.92 Å². The first-order valence-corrected chi connectivity index (χ1v) is 9.64. The van der Waals surface area contributed by atoms with E-state index in [4.69, 9.17) is 4.42 Å². The van der Waals surface area contributed by atoms with Crippen LogP contribution in [0, 0.1) is 5.92 Å². The Labute approximate surface area is 160 Å². The molecule has 1 saturated heterocycles. The second-order valence-corrected chi connectivity index (χ2v) is 7.34. The summed E-state index contributed by atoms with van der Waals surface area (Å²) >= 11 is 1.55. The molecule has 1 fully saturated rings. The van der Waals surface area contributed by atoms with E-state index in [0.717, 1.165) is 22.0 Å². The lowest BCUT2D eigenvalue weighted by atomic mass is 10.1. The van der Waals surface area contributed by atoms with Crippen molar-refractivity contribution in [3.63, 3.8) is 0 Å². The fourth-order valence-electron chi connectivity index (χ4n) is 3.11. The minimum atomic E-state index is -0.334. The van der Waals surface area contributed by atoms with Gasteiger partial charge in [-0.2, -0.15) is 0 Å². The highest BCUT2D eigenvalue weighted by Crippen LogP contribution is 2.24. The molecule has 0 unspecified atom stereocenters. The van der Waals surface area contributed by atoms with Crippen molar-refractivity contribution in [1.82, 2.24) is 15.2 Å². The smallest absolute Gasteiger partial charge is 0.225 e. The molecule has 3 aromatic rings. The molecule has 3 heterocycles. The van der Waals surface area contributed by atoms with Crippen LogP contribution in [-0.2, 0) is 22.7 Å². The van der Waals surface area contributed by atoms with Crippen LogP contribution in [0.3, 0.4) is 0 Å². The Morgan fingerprint density at radius 3 is 2.89 bits per heavy atom. The van der Waals surface area contributed by atoms with Crippen LogP contribution in [0.2, 0.25) is 0 Å². The summed E-state index contributed by atoms with van der Waals surface area (Å²) in [6.45, 7) is 1.19. The third-order valence-corrected chi connectivity index (χ3v) is 5.47. The number of hydrogen-bond acceptors (Lipinski definition) is 5. The number of carbonyl (C=O) groups is 2. The molecule has 4 rings (SSSR count). The van der Waals surface area contributed by atoms with Crippen molar-refractivity contribution in [2.75, 3.05) is 6.54 Å². The summed E-state index contributed by atoms with van der Waals surface area (Å²) in [5.41, 5.74) is 1.89. The van der Waals surface area contributed by atoms with E-state index in [-0.39, 0.29) is 24.2 Å². The summed E-state index contributed by atoms with van der Waals surface area (Å²) in [5.74, 6) is 0.256. The fraction of sp³-hybridized carbons (Fsp3) is 0.250. The summed E-state index contributed by atoms with van der Waals surface area (Å²) in [5, 5.41) is 5.79. The number of aromatic nitrogens is 1. The van der Waals surface area contributed by atoms with Crippen LogP contribution in [-0.4, -0.2) is 28.2 Å². The number of amides is 2. The molecular weight excluding hydrogens is 362 g/mol. The molecule has 0 aliphatic carbocycles. The van der Waals surface area contributed by atoms with E-state index in [2.05, 4.69) is 10.3 Å². The molecule has 2 amide bonds. The van der Waals surface area contributed by atoms with E-state index in [1.165, 1.54) is 0 Å². The van der Waals surface area contributed by atoms with Gasteiger partial charge >= 0.3 is 0 Å². The second-order valence-electron chi connectivity index (χ2n) is 6.48. The molecule has 0 saturated carbocycles. The van der Waals surface area contributed by atoms with E-state index < -0.39 is 0 Å². The monoisotopic (exact) mass is 381 g/mol. The van der Waals surface area contributed by atoms with Gasteiger partial charge in [0.2, 0.25) is 11.8 Å². The van der Waals surface area contributed by atoms with Crippen LogP contribution < -0.4 is 5.32 Å². The van der Waals surface area contributed by atoms with Crippen molar-refractivity contribution in [2.45, 2.75) is 19.5 Å². The van der Waals surface area contributed by atoms with Crippen LogP contribution in [0.5, 0.6) is 0 Å². The molecule has 138 valence electrons. The zero-order valence-electron chi connectivity index (χ0n) is 14.6. The molecule has 27 heavy (non-hydrogen) atoms. The Hall–Kier alpha value is -2.93. The van der Waals surface area contributed by atoms with E-state index >= 15 is 0 Å². The third-order valence-electron chi connectivity index (χ3n) is 4.53. The number of rotatable bonds is 6. The summed E-state index contributed by atoms with van der Waals surface area (Å²) in [4.78, 5) is 30.8. The van der Waals surface area contributed by atoms with Gasteiger partial charge in [0.25, 0.3) is 0 Å². The molecule has 2 aromatic heterocycles. The normalized spacial score (nSPS) is 16.7. The van der Waals surface area contributed by atoms with Gasteiger partial charge in [0, 0.05) is 23.9 Å². The first kappa shape index (κ1) is 17.5. The molecule has 0 spiro atoms. The quantitative estimate of drug-likeness (QED) is 0.712. The molecular formula is C20H19N3O3S. The number of furan rings is 1. The molecule has 1 aromatic carbocycles. The average molecular weight is 381 g/mol. The Morgan fingerprint density at radius 1 is 1.26 bits per heavy atom. The molecule has 1 aliphatic rings. The fourth-order valence-corrected chi connectivity index (χ4v) is 3.94. The van der Waals surface area contributed by atoms with E-state index in [1.54, 1.807) is 28.6 Å². The topological polar surface area (TPSA) is 75.4 Å². The van der Waals surface area contributed by atoms with Gasteiger partial charge in [-0.15, -0.1) is 11.3 Å². The van der Waals surface area contributed by atoms with Crippen LogP contribution in [0.25, 0.3) is 10.6 Å². The van der Waals surface area contributed by atoms with Crippen molar-refractivity contribution in [1.29, 1.82) is 0 Å². The number of thiazole rings is 1. The number of benzene rings is 1. The molecule has 1 N–H and O–H groups in total. The standard InChI is InChI=1S/C20H19N3O3S/c24-18-9-15(11-23(18)12-17-7-4-8-26-17)19(25)21-10-16-13-27-20(22-16)14-5-2-1-3-6-14/h1-8,13,15H,9-12H2,(H,21,25)/t15-/m0/s1. The van der Waals surface area contributed by atoms with Gasteiger partial charge in [0.1, 0.15) is 10.8 Å². The summed E-state index contributed by atoms with van der Waals surface area (Å²) in [6.07, 6.45) is 1.82. The van der Waals surface area contributed by atoms with E-state index in [9.17, 15) is 9.59 Å². The van der Waals surface area contributed by atoms with Crippen molar-refractivity contribution < 1.29 is 14.0 Å². The molecule has 1 aliphatic heterocycles. The van der Waals surface area contributed by atoms with Gasteiger partial charge in [0.05, 0.1) is 31.0 Å². The maximum absolute atomic E-state index is 12.5. The van der Waals surface area contributed by atoms with Crippen LogP contribution in [0.4, 0.5) is 0 Å². The molecule has 7 heteroatoms.